The van der Waals surface area contributed by atoms with E-state index < -0.39 is 0 Å². The Morgan fingerprint density at radius 1 is 1.00 bits per heavy atom. The molecule has 0 unspecified atom stereocenters. The maximum atomic E-state index is 12.3. The molecule has 3 rings (SSSR count). The molecule has 0 saturated heterocycles. The van der Waals surface area contributed by atoms with Gasteiger partial charge in [0.15, 0.2) is 0 Å². The number of aromatic nitrogens is 2. The van der Waals surface area contributed by atoms with Gasteiger partial charge in [-0.15, -0.1) is 0 Å². The predicted molar refractivity (Wildman–Crippen MR) is 111 cm³/mol. The quantitative estimate of drug-likeness (QED) is 0.582. The van der Waals surface area contributed by atoms with Crippen molar-refractivity contribution in [2.24, 2.45) is 0 Å². The number of methoxy groups -OCH3 is 2. The van der Waals surface area contributed by atoms with Gasteiger partial charge in [0.1, 0.15) is 11.5 Å². The van der Waals surface area contributed by atoms with E-state index in [0.717, 1.165) is 22.6 Å². The molecule has 0 saturated carbocycles. The van der Waals surface area contributed by atoms with Gasteiger partial charge in [-0.25, -0.2) is 9.97 Å². The Morgan fingerprint density at radius 3 is 2.55 bits per heavy atom. The molecule has 0 aliphatic carbocycles. The van der Waals surface area contributed by atoms with Gasteiger partial charge in [0, 0.05) is 31.0 Å². The first-order valence-corrected chi connectivity index (χ1v) is 9.28. The zero-order chi connectivity index (χ0) is 20.5. The van der Waals surface area contributed by atoms with Gasteiger partial charge in [-0.2, -0.15) is 0 Å². The van der Waals surface area contributed by atoms with Crippen LogP contribution in [0.3, 0.4) is 0 Å². The smallest absolute Gasteiger partial charge is 0.254 e. The Morgan fingerprint density at radius 2 is 1.79 bits per heavy atom. The highest BCUT2D eigenvalue weighted by molar-refractivity contribution is 5.93. The minimum absolute atomic E-state index is 0.204. The third-order valence-electron chi connectivity index (χ3n) is 4.38. The van der Waals surface area contributed by atoms with E-state index in [1.165, 1.54) is 12.4 Å². The molecule has 0 fully saturated rings. The molecular weight excluding hydrogens is 368 g/mol. The SMILES string of the molecule is COc1cccc(CCNC(=O)c2cnc(NCc3ccccc3OC)nc2)c1. The molecule has 0 aliphatic rings. The fraction of sp³-hybridized carbons (Fsp3) is 0.227. The number of ether oxygens (including phenoxy) is 2. The molecule has 0 radical (unpaired) electrons. The summed E-state index contributed by atoms with van der Waals surface area (Å²) in [6, 6.07) is 15.5. The number of para-hydroxylation sites is 1. The molecule has 29 heavy (non-hydrogen) atoms. The van der Waals surface area contributed by atoms with Crippen molar-refractivity contribution in [2.45, 2.75) is 13.0 Å². The summed E-state index contributed by atoms with van der Waals surface area (Å²) >= 11 is 0. The zero-order valence-electron chi connectivity index (χ0n) is 16.5. The Labute approximate surface area is 170 Å². The highest BCUT2D eigenvalue weighted by Gasteiger charge is 2.08. The van der Waals surface area contributed by atoms with Crippen LogP contribution in [0.25, 0.3) is 0 Å². The van der Waals surface area contributed by atoms with Crippen molar-refractivity contribution in [3.63, 3.8) is 0 Å². The number of rotatable bonds is 9. The second-order valence-corrected chi connectivity index (χ2v) is 6.32. The molecule has 7 heteroatoms. The lowest BCUT2D eigenvalue weighted by atomic mass is 10.1. The minimum atomic E-state index is -0.204. The lowest BCUT2D eigenvalue weighted by molar-refractivity contribution is 0.0953. The second kappa shape index (κ2) is 10.1. The van der Waals surface area contributed by atoms with Gasteiger partial charge in [-0.05, 0) is 30.2 Å². The monoisotopic (exact) mass is 392 g/mol. The molecule has 1 aromatic heterocycles. The van der Waals surface area contributed by atoms with E-state index in [-0.39, 0.29) is 5.91 Å². The topological polar surface area (TPSA) is 85.4 Å². The van der Waals surface area contributed by atoms with Crippen molar-refractivity contribution in [1.29, 1.82) is 0 Å². The first-order valence-electron chi connectivity index (χ1n) is 9.28. The van der Waals surface area contributed by atoms with E-state index in [2.05, 4.69) is 20.6 Å². The van der Waals surface area contributed by atoms with Gasteiger partial charge in [-0.1, -0.05) is 30.3 Å². The number of carbonyl (C=O) groups is 1. The van der Waals surface area contributed by atoms with Gasteiger partial charge in [-0.3, -0.25) is 4.79 Å². The van der Waals surface area contributed by atoms with Crippen molar-refractivity contribution in [1.82, 2.24) is 15.3 Å². The third-order valence-corrected chi connectivity index (χ3v) is 4.38. The molecule has 2 N–H and O–H groups in total. The predicted octanol–water partition coefficient (Wildman–Crippen LogP) is 3.08. The average Bonchev–Trinajstić information content (AvgIpc) is 2.78. The van der Waals surface area contributed by atoms with E-state index >= 15 is 0 Å². The summed E-state index contributed by atoms with van der Waals surface area (Å²) in [6.45, 7) is 1.04. The summed E-state index contributed by atoms with van der Waals surface area (Å²) in [5.41, 5.74) is 2.51. The van der Waals surface area contributed by atoms with E-state index in [1.54, 1.807) is 14.2 Å². The van der Waals surface area contributed by atoms with Crippen LogP contribution in [0.1, 0.15) is 21.5 Å². The summed E-state index contributed by atoms with van der Waals surface area (Å²) in [7, 11) is 3.27. The van der Waals surface area contributed by atoms with E-state index in [4.69, 9.17) is 9.47 Å². The molecule has 1 heterocycles. The van der Waals surface area contributed by atoms with Crippen molar-refractivity contribution in [2.75, 3.05) is 26.1 Å². The van der Waals surface area contributed by atoms with Crippen LogP contribution in [0, 0.1) is 0 Å². The number of amides is 1. The highest BCUT2D eigenvalue weighted by Crippen LogP contribution is 2.18. The van der Waals surface area contributed by atoms with Crippen molar-refractivity contribution in [3.05, 3.63) is 77.6 Å². The molecular formula is C22H24N4O3. The van der Waals surface area contributed by atoms with Gasteiger partial charge in [0.05, 0.1) is 19.8 Å². The standard InChI is InChI=1S/C22H24N4O3/c1-28-19-8-5-6-16(12-19)10-11-23-21(27)18-14-25-22(26-15-18)24-13-17-7-3-4-9-20(17)29-2/h3-9,12,14-15H,10-11,13H2,1-2H3,(H,23,27)(H,24,25,26). The molecule has 2 aromatic carbocycles. The molecule has 0 aliphatic heterocycles. The molecule has 1 amide bonds. The van der Waals surface area contributed by atoms with E-state index in [0.29, 0.717) is 31.0 Å². The first kappa shape index (κ1) is 20.1. The molecule has 3 aromatic rings. The minimum Gasteiger partial charge on any atom is -0.497 e. The van der Waals surface area contributed by atoms with Crippen molar-refractivity contribution >= 4 is 11.9 Å². The number of nitrogens with one attached hydrogen (secondary N) is 2. The lowest BCUT2D eigenvalue weighted by Gasteiger charge is -2.10. The van der Waals surface area contributed by atoms with Crippen LogP contribution in [-0.2, 0) is 13.0 Å². The Bertz CT molecular complexity index is 945. The highest BCUT2D eigenvalue weighted by atomic mass is 16.5. The Kier molecular flexibility index (Phi) is 7.00. The largest absolute Gasteiger partial charge is 0.497 e. The Balaban J connectivity index is 1.49. The summed E-state index contributed by atoms with van der Waals surface area (Å²) in [6.07, 6.45) is 3.74. The van der Waals surface area contributed by atoms with Crippen LogP contribution in [0.5, 0.6) is 11.5 Å². The van der Waals surface area contributed by atoms with Gasteiger partial charge in [0.2, 0.25) is 5.95 Å². The summed E-state index contributed by atoms with van der Waals surface area (Å²) in [5, 5.41) is 6.01. The van der Waals surface area contributed by atoms with E-state index in [1.807, 2.05) is 48.5 Å². The third kappa shape index (κ3) is 5.68. The molecule has 0 spiro atoms. The van der Waals surface area contributed by atoms with Gasteiger partial charge >= 0.3 is 0 Å². The summed E-state index contributed by atoms with van der Waals surface area (Å²) < 4.78 is 10.5. The van der Waals surface area contributed by atoms with E-state index in [9.17, 15) is 4.79 Å². The van der Waals surface area contributed by atoms with Crippen LogP contribution < -0.4 is 20.1 Å². The Hall–Kier alpha value is -3.61. The van der Waals surface area contributed by atoms with Gasteiger partial charge in [0.25, 0.3) is 5.91 Å². The first-order chi connectivity index (χ1) is 14.2. The molecule has 0 bridgehead atoms. The number of benzene rings is 2. The van der Waals surface area contributed by atoms with Crippen LogP contribution in [-0.4, -0.2) is 36.6 Å². The normalized spacial score (nSPS) is 10.3. The molecule has 0 atom stereocenters. The maximum Gasteiger partial charge on any atom is 0.254 e. The number of anilines is 1. The fourth-order valence-corrected chi connectivity index (χ4v) is 2.81. The average molecular weight is 392 g/mol. The zero-order valence-corrected chi connectivity index (χ0v) is 16.5. The van der Waals surface area contributed by atoms with Crippen molar-refractivity contribution < 1.29 is 14.3 Å². The number of hydrogen-bond acceptors (Lipinski definition) is 6. The maximum absolute atomic E-state index is 12.3. The number of nitrogens with zero attached hydrogens (tertiary/aromatic N) is 2. The van der Waals surface area contributed by atoms with Crippen LogP contribution in [0.2, 0.25) is 0 Å². The molecule has 7 nitrogen and oxygen atoms in total. The number of carbonyl (C=O) groups excluding carboxylic acids is 1. The van der Waals surface area contributed by atoms with Crippen LogP contribution in [0.4, 0.5) is 5.95 Å². The fourth-order valence-electron chi connectivity index (χ4n) is 2.81. The molecule has 150 valence electrons. The van der Waals surface area contributed by atoms with Crippen LogP contribution >= 0.6 is 0 Å². The number of hydrogen-bond donors (Lipinski definition) is 2. The lowest BCUT2D eigenvalue weighted by Crippen LogP contribution is -2.26. The van der Waals surface area contributed by atoms with Crippen LogP contribution in [0.15, 0.2) is 60.9 Å². The summed E-state index contributed by atoms with van der Waals surface area (Å²) in [5.74, 6) is 1.85. The second-order valence-electron chi connectivity index (χ2n) is 6.32. The summed E-state index contributed by atoms with van der Waals surface area (Å²) in [4.78, 5) is 20.7. The van der Waals surface area contributed by atoms with Gasteiger partial charge < -0.3 is 20.1 Å². The van der Waals surface area contributed by atoms with Crippen molar-refractivity contribution in [3.8, 4) is 11.5 Å².